The van der Waals surface area contributed by atoms with Crippen molar-refractivity contribution in [3.8, 4) is 0 Å². The second-order valence-electron chi connectivity index (χ2n) is 14.7. The van der Waals surface area contributed by atoms with Crippen LogP contribution in [0.25, 0.3) is 0 Å². The summed E-state index contributed by atoms with van der Waals surface area (Å²) in [4.78, 5) is 0. The molecule has 0 radical (unpaired) electrons. The van der Waals surface area contributed by atoms with Crippen LogP contribution in [0.4, 0.5) is 0 Å². The zero-order chi connectivity index (χ0) is 32.9. The van der Waals surface area contributed by atoms with Crippen LogP contribution in [0.15, 0.2) is 24.3 Å². The molecule has 0 rings (SSSR count). The average molecular weight is 635 g/mol. The predicted octanol–water partition coefficient (Wildman–Crippen LogP) is 13.5. The number of hydrogen-bond acceptors (Lipinski definition) is 2. The van der Waals surface area contributed by atoms with Gasteiger partial charge in [0.15, 0.2) is 6.23 Å². The first-order valence-corrected chi connectivity index (χ1v) is 20.3. The molecule has 0 aromatic heterocycles. The summed E-state index contributed by atoms with van der Waals surface area (Å²) in [7, 11) is 6.74. The second kappa shape index (κ2) is 36.2. The molecule has 0 bridgehead atoms. The van der Waals surface area contributed by atoms with Crippen LogP contribution in [-0.2, 0) is 9.47 Å². The van der Waals surface area contributed by atoms with E-state index in [-0.39, 0.29) is 6.23 Å². The summed E-state index contributed by atoms with van der Waals surface area (Å²) in [6.07, 6.45) is 48.7. The molecule has 0 aliphatic carbocycles. The molecule has 0 saturated heterocycles. The Morgan fingerprint density at radius 3 is 1.11 bits per heavy atom. The molecule has 0 aromatic rings. The number of allylic oxidation sites excluding steroid dienone is 4. The maximum absolute atomic E-state index is 6.34. The molecule has 1 unspecified atom stereocenters. The molecule has 3 heteroatoms. The summed E-state index contributed by atoms with van der Waals surface area (Å²) >= 11 is 0. The fourth-order valence-electron chi connectivity index (χ4n) is 6.00. The molecule has 0 amide bonds. The summed E-state index contributed by atoms with van der Waals surface area (Å²) in [6.45, 7) is 7.19. The lowest BCUT2D eigenvalue weighted by Gasteiger charge is -2.33. The second-order valence-corrected chi connectivity index (χ2v) is 14.7. The first-order chi connectivity index (χ1) is 22.0. The van der Waals surface area contributed by atoms with Gasteiger partial charge < -0.3 is 14.0 Å². The van der Waals surface area contributed by atoms with Gasteiger partial charge in [0.1, 0.15) is 0 Å². The van der Waals surface area contributed by atoms with Gasteiger partial charge in [0.05, 0.1) is 34.4 Å². The number of unbranched alkanes of at least 4 members (excludes halogenated alkanes) is 24. The Labute approximate surface area is 285 Å². The molecule has 0 saturated carbocycles. The van der Waals surface area contributed by atoms with E-state index in [1.807, 2.05) is 0 Å². The van der Waals surface area contributed by atoms with Gasteiger partial charge in [-0.05, 0) is 64.2 Å². The lowest BCUT2D eigenvalue weighted by atomic mass is 10.1. The van der Waals surface area contributed by atoms with Crippen LogP contribution in [0.1, 0.15) is 200 Å². The third kappa shape index (κ3) is 36.0. The van der Waals surface area contributed by atoms with Crippen LogP contribution in [0, 0.1) is 0 Å². The molecular weight excluding hydrogens is 550 g/mol. The van der Waals surface area contributed by atoms with Crippen LogP contribution < -0.4 is 0 Å². The van der Waals surface area contributed by atoms with Crippen molar-refractivity contribution in [2.24, 2.45) is 0 Å². The Morgan fingerprint density at radius 1 is 0.400 bits per heavy atom. The Kier molecular flexibility index (Phi) is 35.7. The first-order valence-electron chi connectivity index (χ1n) is 20.3. The van der Waals surface area contributed by atoms with Crippen LogP contribution >= 0.6 is 0 Å². The Hall–Kier alpha value is -0.640. The minimum absolute atomic E-state index is 0.230. The maximum Gasteiger partial charge on any atom is 0.194 e. The highest BCUT2D eigenvalue weighted by Gasteiger charge is 2.23. The van der Waals surface area contributed by atoms with Gasteiger partial charge >= 0.3 is 0 Å². The summed E-state index contributed by atoms with van der Waals surface area (Å²) in [5.74, 6) is 0. The largest absolute Gasteiger partial charge is 0.381 e. The molecule has 0 N–H and O–H groups in total. The minimum Gasteiger partial charge on any atom is -0.381 e. The van der Waals surface area contributed by atoms with Crippen LogP contribution in [0.5, 0.6) is 0 Å². The summed E-state index contributed by atoms with van der Waals surface area (Å²) in [5.41, 5.74) is 0. The number of ether oxygens (including phenoxy) is 2. The zero-order valence-electron chi connectivity index (χ0n) is 31.8. The van der Waals surface area contributed by atoms with Crippen molar-refractivity contribution in [3.63, 3.8) is 0 Å². The van der Waals surface area contributed by atoms with Gasteiger partial charge in [0.2, 0.25) is 0 Å². The standard InChI is InChI=1S/C42H84NO2/c1-6-8-10-12-14-16-18-20-22-24-26-28-30-32-34-36-39-44-41-38-42(43(3,4)5)45-40-37-35-33-31-29-27-25-23-21-19-17-15-13-11-9-7-2/h20-23,42H,6-19,24-41H2,1-5H3/q+1/b22-20-,23-21-. The normalized spacial score (nSPS) is 13.1. The van der Waals surface area contributed by atoms with Crippen molar-refractivity contribution in [2.45, 2.75) is 206 Å². The van der Waals surface area contributed by atoms with Crippen LogP contribution in [-0.4, -0.2) is 51.7 Å². The van der Waals surface area contributed by atoms with E-state index in [0.717, 1.165) is 30.7 Å². The van der Waals surface area contributed by atoms with Crippen molar-refractivity contribution in [3.05, 3.63) is 24.3 Å². The van der Waals surface area contributed by atoms with Gasteiger partial charge in [-0.1, -0.05) is 154 Å². The Morgan fingerprint density at radius 2 is 0.733 bits per heavy atom. The summed E-state index contributed by atoms with van der Waals surface area (Å²) in [6, 6.07) is 0. The van der Waals surface area contributed by atoms with Gasteiger partial charge in [-0.3, -0.25) is 0 Å². The fraction of sp³-hybridized carbons (Fsp3) is 0.905. The van der Waals surface area contributed by atoms with Crippen molar-refractivity contribution in [2.75, 3.05) is 41.0 Å². The third-order valence-corrected chi connectivity index (χ3v) is 9.14. The molecule has 0 fully saturated rings. The van der Waals surface area contributed by atoms with Crippen molar-refractivity contribution in [1.82, 2.24) is 0 Å². The third-order valence-electron chi connectivity index (χ3n) is 9.14. The van der Waals surface area contributed by atoms with Gasteiger partial charge in [0, 0.05) is 13.0 Å². The van der Waals surface area contributed by atoms with Crippen molar-refractivity contribution < 1.29 is 14.0 Å². The lowest BCUT2D eigenvalue weighted by molar-refractivity contribution is -0.920. The highest BCUT2D eigenvalue weighted by Crippen LogP contribution is 2.14. The van der Waals surface area contributed by atoms with Gasteiger partial charge in [-0.25, -0.2) is 0 Å². The number of hydrogen-bond donors (Lipinski definition) is 0. The van der Waals surface area contributed by atoms with Crippen LogP contribution in [0.3, 0.4) is 0 Å². The maximum atomic E-state index is 6.34. The molecule has 3 nitrogen and oxygen atoms in total. The topological polar surface area (TPSA) is 18.5 Å². The SMILES string of the molecule is CCCCCCCC/C=C\CCCCCCCCOCCC(OCCCCCCCC/C=C\CCCCCCCC)[N+](C)(C)C. The number of rotatable bonds is 37. The van der Waals surface area contributed by atoms with Crippen LogP contribution in [0.2, 0.25) is 0 Å². The molecule has 0 aromatic carbocycles. The van der Waals surface area contributed by atoms with E-state index in [4.69, 9.17) is 9.47 Å². The monoisotopic (exact) mass is 635 g/mol. The summed E-state index contributed by atoms with van der Waals surface area (Å²) < 4.78 is 13.2. The van der Waals surface area contributed by atoms with Crippen molar-refractivity contribution >= 4 is 0 Å². The quantitative estimate of drug-likeness (QED) is 0.0293. The van der Waals surface area contributed by atoms with E-state index in [0.29, 0.717) is 0 Å². The smallest absolute Gasteiger partial charge is 0.194 e. The Bertz CT molecular complexity index is 608. The minimum atomic E-state index is 0.230. The van der Waals surface area contributed by atoms with Crippen molar-refractivity contribution in [1.29, 1.82) is 0 Å². The average Bonchev–Trinajstić information content (AvgIpc) is 3.02. The Balaban J connectivity index is 3.54. The number of quaternary nitrogens is 1. The van der Waals surface area contributed by atoms with E-state index >= 15 is 0 Å². The van der Waals surface area contributed by atoms with E-state index < -0.39 is 0 Å². The predicted molar refractivity (Wildman–Crippen MR) is 202 cm³/mol. The molecule has 0 aliphatic rings. The van der Waals surface area contributed by atoms with Gasteiger partial charge in [-0.15, -0.1) is 0 Å². The van der Waals surface area contributed by atoms with E-state index in [1.54, 1.807) is 0 Å². The van der Waals surface area contributed by atoms with E-state index in [1.165, 1.54) is 180 Å². The molecule has 1 atom stereocenters. The molecule has 0 heterocycles. The molecule has 268 valence electrons. The number of nitrogens with zero attached hydrogens (tertiary/aromatic N) is 1. The van der Waals surface area contributed by atoms with Gasteiger partial charge in [-0.2, -0.15) is 0 Å². The highest BCUT2D eigenvalue weighted by molar-refractivity contribution is 4.82. The van der Waals surface area contributed by atoms with Gasteiger partial charge in [0.25, 0.3) is 0 Å². The zero-order valence-corrected chi connectivity index (χ0v) is 31.8. The fourth-order valence-corrected chi connectivity index (χ4v) is 6.00. The molecule has 0 spiro atoms. The molecule has 0 aliphatic heterocycles. The highest BCUT2D eigenvalue weighted by atomic mass is 16.5. The van der Waals surface area contributed by atoms with E-state index in [9.17, 15) is 0 Å². The molecular formula is C42H84NO2+. The van der Waals surface area contributed by atoms with E-state index in [2.05, 4.69) is 59.3 Å². The summed E-state index contributed by atoms with van der Waals surface area (Å²) in [5, 5.41) is 0. The lowest BCUT2D eigenvalue weighted by Crippen LogP contribution is -2.47. The molecule has 45 heavy (non-hydrogen) atoms. The first kappa shape index (κ1) is 44.4.